The monoisotopic (exact) mass is 184 g/mol. The van der Waals surface area contributed by atoms with Crippen molar-refractivity contribution in [3.63, 3.8) is 0 Å². The molecule has 0 saturated heterocycles. The molecule has 0 spiro atoms. The van der Waals surface area contributed by atoms with Gasteiger partial charge in [-0.25, -0.2) is 4.98 Å². The number of nitrogens with zero attached hydrogens (tertiary/aromatic N) is 1. The largest absolute Gasteiger partial charge is 0.313 e. The molecule has 0 aliphatic heterocycles. The molecule has 0 aliphatic rings. The van der Waals surface area contributed by atoms with Gasteiger partial charge < -0.3 is 5.32 Å². The van der Waals surface area contributed by atoms with Crippen molar-refractivity contribution in [2.24, 2.45) is 0 Å². The van der Waals surface area contributed by atoms with E-state index >= 15 is 0 Å². The summed E-state index contributed by atoms with van der Waals surface area (Å²) >= 11 is 0. The second kappa shape index (κ2) is 3.96. The molecule has 64 valence electrons. The number of hydrogen-bond acceptors (Lipinski definition) is 3. The number of rotatable bonds is 3. The van der Waals surface area contributed by atoms with Crippen LogP contribution in [0.2, 0.25) is 0 Å². The molecule has 1 rings (SSSR count). The van der Waals surface area contributed by atoms with Crippen LogP contribution in [-0.4, -0.2) is 21.9 Å². The van der Waals surface area contributed by atoms with Gasteiger partial charge in [-0.05, 0) is 12.1 Å². The number of hydrogen-bond donors (Lipinski definition) is 1. The van der Waals surface area contributed by atoms with Crippen LogP contribution in [0, 0.1) is 0 Å². The van der Waals surface area contributed by atoms with Crippen LogP contribution in [0.3, 0.4) is 0 Å². The Bertz CT molecular complexity index is 297. The Morgan fingerprint density at radius 3 is 2.75 bits per heavy atom. The van der Waals surface area contributed by atoms with Gasteiger partial charge in [-0.1, -0.05) is 0 Å². The summed E-state index contributed by atoms with van der Waals surface area (Å²) < 4.78 is 10.9. The highest BCUT2D eigenvalue weighted by Gasteiger charge is 1.97. The minimum Gasteiger partial charge on any atom is -0.313 e. The molecule has 1 heterocycles. The summed E-state index contributed by atoms with van der Waals surface area (Å²) in [6, 6.07) is 3.26. The van der Waals surface area contributed by atoms with Gasteiger partial charge in [-0.2, -0.15) is 0 Å². The molecule has 5 heteroatoms. The number of nitrogens with one attached hydrogen (secondary N) is 1. The van der Waals surface area contributed by atoms with Gasteiger partial charge in [0.05, 0.1) is 15.7 Å². The smallest absolute Gasteiger partial charge is 0.212 e. The highest BCUT2D eigenvalue weighted by atomic mass is 32.2. The average molecular weight is 184 g/mol. The third-order valence-corrected chi connectivity index (χ3v) is 2.18. The maximum Gasteiger partial charge on any atom is 0.212 e. The van der Waals surface area contributed by atoms with E-state index in [0.717, 1.165) is 0 Å². The van der Waals surface area contributed by atoms with Gasteiger partial charge in [0, 0.05) is 12.5 Å². The van der Waals surface area contributed by atoms with Crippen LogP contribution < -0.4 is 5.32 Å². The highest BCUT2D eigenvalue weighted by Crippen LogP contribution is 2.06. The van der Waals surface area contributed by atoms with Crippen LogP contribution in [0.25, 0.3) is 0 Å². The zero-order chi connectivity index (χ0) is 8.97. The molecule has 1 N–H and O–H groups in total. The number of aromatic nitrogens is 1. The third-order valence-electron chi connectivity index (χ3n) is 1.28. The molecule has 1 amide bonds. The standard InChI is InChI=1S/C7H8N2O2S/c1-12(11)6-2-3-7(8-4-6)9-5-10/h2-5H,1H3,(H,8,9,10). The van der Waals surface area contributed by atoms with Gasteiger partial charge in [0.2, 0.25) is 6.41 Å². The topological polar surface area (TPSA) is 59.1 Å². The zero-order valence-electron chi connectivity index (χ0n) is 6.48. The number of pyridine rings is 1. The lowest BCUT2D eigenvalue weighted by molar-refractivity contribution is -0.105. The second-order valence-electron chi connectivity index (χ2n) is 2.10. The summed E-state index contributed by atoms with van der Waals surface area (Å²) in [6.45, 7) is 0. The Balaban J connectivity index is 2.85. The van der Waals surface area contributed by atoms with Gasteiger partial charge >= 0.3 is 0 Å². The van der Waals surface area contributed by atoms with Crippen LogP contribution >= 0.6 is 0 Å². The van der Waals surface area contributed by atoms with E-state index in [9.17, 15) is 9.00 Å². The lowest BCUT2D eigenvalue weighted by Crippen LogP contribution is -1.97. The van der Waals surface area contributed by atoms with E-state index in [1.807, 2.05) is 0 Å². The van der Waals surface area contributed by atoms with Gasteiger partial charge in [0.1, 0.15) is 5.82 Å². The van der Waals surface area contributed by atoms with E-state index in [-0.39, 0.29) is 0 Å². The van der Waals surface area contributed by atoms with Crippen LogP contribution in [0.5, 0.6) is 0 Å². The molecule has 4 nitrogen and oxygen atoms in total. The molecule has 1 aromatic heterocycles. The Morgan fingerprint density at radius 1 is 1.58 bits per heavy atom. The van der Waals surface area contributed by atoms with E-state index in [1.54, 1.807) is 18.4 Å². The van der Waals surface area contributed by atoms with Gasteiger partial charge in [-0.3, -0.25) is 9.00 Å². The van der Waals surface area contributed by atoms with E-state index in [4.69, 9.17) is 0 Å². The van der Waals surface area contributed by atoms with Crippen molar-refractivity contribution in [3.05, 3.63) is 18.3 Å². The third kappa shape index (κ3) is 2.13. The van der Waals surface area contributed by atoms with Crippen molar-refractivity contribution < 1.29 is 9.00 Å². The van der Waals surface area contributed by atoms with Crippen molar-refractivity contribution in [2.45, 2.75) is 4.90 Å². The minimum absolute atomic E-state index is 0.458. The molecule has 0 aliphatic carbocycles. The molecular formula is C7H8N2O2S. The molecule has 0 radical (unpaired) electrons. The molecule has 0 aromatic carbocycles. The number of anilines is 1. The van der Waals surface area contributed by atoms with Crippen molar-refractivity contribution in [1.29, 1.82) is 0 Å². The van der Waals surface area contributed by atoms with Crippen molar-refractivity contribution >= 4 is 23.0 Å². The molecule has 12 heavy (non-hydrogen) atoms. The Kier molecular flexibility index (Phi) is 2.93. The maximum atomic E-state index is 10.9. The van der Waals surface area contributed by atoms with Gasteiger partial charge in [-0.15, -0.1) is 0 Å². The molecule has 0 bridgehead atoms. The molecule has 0 saturated carbocycles. The average Bonchev–Trinajstić information content (AvgIpc) is 2.06. The Labute approximate surface area is 72.5 Å². The van der Waals surface area contributed by atoms with E-state index in [2.05, 4.69) is 10.3 Å². The van der Waals surface area contributed by atoms with E-state index in [1.165, 1.54) is 6.20 Å². The molecule has 1 unspecified atom stereocenters. The summed E-state index contributed by atoms with van der Waals surface area (Å²) in [4.78, 5) is 14.5. The summed E-state index contributed by atoms with van der Waals surface area (Å²) in [6.07, 6.45) is 3.59. The van der Waals surface area contributed by atoms with Crippen LogP contribution in [0.4, 0.5) is 5.82 Å². The maximum absolute atomic E-state index is 10.9. The SMILES string of the molecule is CS(=O)c1ccc(NC=O)nc1. The van der Waals surface area contributed by atoms with Crippen LogP contribution in [0.15, 0.2) is 23.2 Å². The zero-order valence-corrected chi connectivity index (χ0v) is 7.30. The van der Waals surface area contributed by atoms with Crippen LogP contribution in [0.1, 0.15) is 0 Å². The number of amides is 1. The van der Waals surface area contributed by atoms with Gasteiger partial charge in [0.25, 0.3) is 0 Å². The first-order valence-corrected chi connectivity index (χ1v) is 4.79. The second-order valence-corrected chi connectivity index (χ2v) is 3.48. The summed E-state index contributed by atoms with van der Waals surface area (Å²) in [5.41, 5.74) is 0. The van der Waals surface area contributed by atoms with Crippen molar-refractivity contribution in [3.8, 4) is 0 Å². The fourth-order valence-corrected chi connectivity index (χ4v) is 1.16. The summed E-state index contributed by atoms with van der Waals surface area (Å²) in [5, 5.41) is 2.38. The normalized spacial score (nSPS) is 12.1. The van der Waals surface area contributed by atoms with E-state index in [0.29, 0.717) is 17.1 Å². The highest BCUT2D eigenvalue weighted by molar-refractivity contribution is 7.84. The summed E-state index contributed by atoms with van der Waals surface area (Å²) in [7, 11) is -1.02. The minimum atomic E-state index is -1.02. The first-order chi connectivity index (χ1) is 5.74. The fraction of sp³-hybridized carbons (Fsp3) is 0.143. The fourth-order valence-electron chi connectivity index (χ4n) is 0.696. The molecule has 1 aromatic rings. The molecule has 0 fully saturated rings. The predicted octanol–water partition coefficient (Wildman–Crippen LogP) is 0.387. The number of carbonyl (C=O) groups is 1. The quantitative estimate of drug-likeness (QED) is 0.691. The van der Waals surface area contributed by atoms with Gasteiger partial charge in [0.15, 0.2) is 0 Å². The van der Waals surface area contributed by atoms with Crippen LogP contribution in [-0.2, 0) is 15.6 Å². The Hall–Kier alpha value is -1.23. The lowest BCUT2D eigenvalue weighted by Gasteiger charge is -1.97. The predicted molar refractivity (Wildman–Crippen MR) is 46.3 cm³/mol. The number of carbonyl (C=O) groups excluding carboxylic acids is 1. The first kappa shape index (κ1) is 8.86. The lowest BCUT2D eigenvalue weighted by atomic mass is 10.5. The van der Waals surface area contributed by atoms with Crippen molar-refractivity contribution in [1.82, 2.24) is 4.98 Å². The Morgan fingerprint density at radius 2 is 2.33 bits per heavy atom. The molecular weight excluding hydrogens is 176 g/mol. The van der Waals surface area contributed by atoms with E-state index < -0.39 is 10.8 Å². The summed E-state index contributed by atoms with van der Waals surface area (Å²) in [5.74, 6) is 0.458. The first-order valence-electron chi connectivity index (χ1n) is 3.23. The van der Waals surface area contributed by atoms with Crippen molar-refractivity contribution in [2.75, 3.05) is 11.6 Å². The molecule has 1 atom stereocenters.